The molecule has 0 spiro atoms. The van der Waals surface area contributed by atoms with Gasteiger partial charge in [-0.2, -0.15) is 0 Å². The van der Waals surface area contributed by atoms with Gasteiger partial charge in [-0.3, -0.25) is 0 Å². The number of benzene rings is 1. The summed E-state index contributed by atoms with van der Waals surface area (Å²) >= 11 is 5.42. The Balaban J connectivity index is 3.23. The average Bonchev–Trinajstić information content (AvgIpc) is 1.92. The quantitative estimate of drug-likeness (QED) is 0.641. The van der Waals surface area contributed by atoms with E-state index in [2.05, 4.69) is 0 Å². The van der Waals surface area contributed by atoms with Crippen LogP contribution in [0.15, 0.2) is 18.2 Å². The fourth-order valence-corrected chi connectivity index (χ4v) is 1.01. The maximum atomic E-state index is 12.7. The van der Waals surface area contributed by atoms with E-state index in [1.54, 1.807) is 0 Å². The third-order valence-corrected chi connectivity index (χ3v) is 1.64. The second-order valence-corrected chi connectivity index (χ2v) is 2.95. The van der Waals surface area contributed by atoms with Crippen LogP contribution in [0.5, 0.6) is 0 Å². The lowest BCUT2D eigenvalue weighted by Crippen LogP contribution is -2.09. The van der Waals surface area contributed by atoms with Crippen LogP contribution in [0, 0.1) is 5.82 Å². The van der Waals surface area contributed by atoms with E-state index in [4.69, 9.17) is 11.6 Å². The Hall–Kier alpha value is -0.700. The van der Waals surface area contributed by atoms with E-state index >= 15 is 0 Å². The van der Waals surface area contributed by atoms with Crippen molar-refractivity contribution in [1.29, 1.82) is 0 Å². The topological polar surface area (TPSA) is 0 Å². The molecule has 4 heteroatoms. The molecule has 66 valence electrons. The first-order valence-electron chi connectivity index (χ1n) is 3.24. The van der Waals surface area contributed by atoms with E-state index in [-0.39, 0.29) is 5.02 Å². The molecule has 0 heterocycles. The molecule has 12 heavy (non-hydrogen) atoms. The monoisotopic (exact) mass is 194 g/mol. The standard InChI is InChI=1S/C8H6ClF3/c1-8(11,12)6-4-5(9)2-3-7(6)10/h2-4H,1H3. The normalized spacial score (nSPS) is 11.8. The SMILES string of the molecule is CC(F)(F)c1cc(Cl)ccc1F. The minimum Gasteiger partial charge on any atom is -0.206 e. The fourth-order valence-electron chi connectivity index (χ4n) is 0.834. The lowest BCUT2D eigenvalue weighted by molar-refractivity contribution is 0.0138. The van der Waals surface area contributed by atoms with Crippen molar-refractivity contribution in [2.45, 2.75) is 12.8 Å². The highest BCUT2D eigenvalue weighted by atomic mass is 35.5. The minimum absolute atomic E-state index is 0.105. The first-order valence-corrected chi connectivity index (χ1v) is 3.62. The summed E-state index contributed by atoms with van der Waals surface area (Å²) in [6.07, 6.45) is 0. The fraction of sp³-hybridized carbons (Fsp3) is 0.250. The molecule has 0 bridgehead atoms. The van der Waals surface area contributed by atoms with Gasteiger partial charge in [-0.25, -0.2) is 13.2 Å². The van der Waals surface area contributed by atoms with Gasteiger partial charge in [-0.15, -0.1) is 0 Å². The van der Waals surface area contributed by atoms with E-state index in [1.165, 1.54) is 6.07 Å². The smallest absolute Gasteiger partial charge is 0.206 e. The molecule has 0 aliphatic heterocycles. The van der Waals surface area contributed by atoms with Crippen molar-refractivity contribution in [3.63, 3.8) is 0 Å². The van der Waals surface area contributed by atoms with Crippen molar-refractivity contribution < 1.29 is 13.2 Å². The molecular formula is C8H6ClF3. The summed E-state index contributed by atoms with van der Waals surface area (Å²) in [6.45, 7) is 0.627. The van der Waals surface area contributed by atoms with Gasteiger partial charge in [-0.1, -0.05) is 11.6 Å². The molecule has 0 amide bonds. The molecule has 1 aromatic carbocycles. The van der Waals surface area contributed by atoms with Gasteiger partial charge < -0.3 is 0 Å². The van der Waals surface area contributed by atoms with Crippen LogP contribution in [0.25, 0.3) is 0 Å². The molecule has 0 saturated carbocycles. The van der Waals surface area contributed by atoms with Crippen molar-refractivity contribution in [3.8, 4) is 0 Å². The largest absolute Gasteiger partial charge is 0.273 e. The molecular weight excluding hydrogens is 189 g/mol. The van der Waals surface area contributed by atoms with Crippen LogP contribution < -0.4 is 0 Å². The average molecular weight is 195 g/mol. The van der Waals surface area contributed by atoms with E-state index in [0.717, 1.165) is 12.1 Å². The predicted molar refractivity (Wildman–Crippen MR) is 41.0 cm³/mol. The van der Waals surface area contributed by atoms with Crippen molar-refractivity contribution in [3.05, 3.63) is 34.6 Å². The van der Waals surface area contributed by atoms with Crippen molar-refractivity contribution in [2.24, 2.45) is 0 Å². The van der Waals surface area contributed by atoms with Crippen LogP contribution in [0.1, 0.15) is 12.5 Å². The third kappa shape index (κ3) is 1.91. The van der Waals surface area contributed by atoms with Gasteiger partial charge in [0, 0.05) is 11.9 Å². The molecule has 0 aliphatic carbocycles. The minimum atomic E-state index is -3.19. The summed E-state index contributed by atoms with van der Waals surface area (Å²) in [5, 5.41) is 0.105. The van der Waals surface area contributed by atoms with Gasteiger partial charge in [0.15, 0.2) is 0 Å². The molecule has 0 fully saturated rings. The van der Waals surface area contributed by atoms with E-state index in [9.17, 15) is 13.2 Å². The van der Waals surface area contributed by atoms with Gasteiger partial charge in [0.2, 0.25) is 0 Å². The van der Waals surface area contributed by atoms with Gasteiger partial charge in [0.25, 0.3) is 5.92 Å². The number of hydrogen-bond donors (Lipinski definition) is 0. The Labute approximate surface area is 73.0 Å². The van der Waals surface area contributed by atoms with Crippen LogP contribution in [0.3, 0.4) is 0 Å². The van der Waals surface area contributed by atoms with E-state index < -0.39 is 17.3 Å². The van der Waals surface area contributed by atoms with Gasteiger partial charge in [-0.05, 0) is 18.2 Å². The second-order valence-electron chi connectivity index (χ2n) is 2.51. The lowest BCUT2D eigenvalue weighted by Gasteiger charge is -2.11. The third-order valence-electron chi connectivity index (χ3n) is 1.40. The predicted octanol–water partition coefficient (Wildman–Crippen LogP) is 3.59. The first kappa shape index (κ1) is 9.39. The summed E-state index contributed by atoms with van der Waals surface area (Å²) in [5.41, 5.74) is -0.671. The van der Waals surface area contributed by atoms with Crippen LogP contribution in [0.4, 0.5) is 13.2 Å². The molecule has 0 aliphatic rings. The highest BCUT2D eigenvalue weighted by Gasteiger charge is 2.28. The van der Waals surface area contributed by atoms with E-state index in [0.29, 0.717) is 6.92 Å². The van der Waals surface area contributed by atoms with Crippen LogP contribution in [-0.4, -0.2) is 0 Å². The Morgan fingerprint density at radius 2 is 1.92 bits per heavy atom. The van der Waals surface area contributed by atoms with Crippen LogP contribution in [-0.2, 0) is 5.92 Å². The van der Waals surface area contributed by atoms with Crippen molar-refractivity contribution in [2.75, 3.05) is 0 Å². The molecule has 0 saturated heterocycles. The Bertz CT molecular complexity index is 291. The first-order chi connectivity index (χ1) is 5.41. The molecule has 1 rings (SSSR count). The molecule has 0 N–H and O–H groups in total. The molecule has 1 aromatic rings. The summed E-state index contributed by atoms with van der Waals surface area (Å²) in [5.74, 6) is -4.12. The Morgan fingerprint density at radius 1 is 1.33 bits per heavy atom. The maximum absolute atomic E-state index is 12.7. The highest BCUT2D eigenvalue weighted by molar-refractivity contribution is 6.30. The zero-order valence-corrected chi connectivity index (χ0v) is 7.00. The summed E-state index contributed by atoms with van der Waals surface area (Å²) in [4.78, 5) is 0. The Kier molecular flexibility index (Phi) is 2.33. The second kappa shape index (κ2) is 2.98. The lowest BCUT2D eigenvalue weighted by atomic mass is 10.1. The highest BCUT2D eigenvalue weighted by Crippen LogP contribution is 2.30. The molecule has 0 aromatic heterocycles. The molecule has 0 nitrogen and oxygen atoms in total. The number of hydrogen-bond acceptors (Lipinski definition) is 0. The molecule has 0 atom stereocenters. The number of alkyl halides is 2. The van der Waals surface area contributed by atoms with Gasteiger partial charge >= 0.3 is 0 Å². The van der Waals surface area contributed by atoms with Crippen LogP contribution in [0.2, 0.25) is 5.02 Å². The number of halogens is 4. The van der Waals surface area contributed by atoms with Crippen molar-refractivity contribution >= 4 is 11.6 Å². The summed E-state index contributed by atoms with van der Waals surface area (Å²) in [6, 6.07) is 3.08. The van der Waals surface area contributed by atoms with Gasteiger partial charge in [0.1, 0.15) is 5.82 Å². The number of rotatable bonds is 1. The zero-order valence-electron chi connectivity index (χ0n) is 6.24. The summed E-state index contributed by atoms with van der Waals surface area (Å²) < 4.78 is 37.9. The summed E-state index contributed by atoms with van der Waals surface area (Å²) in [7, 11) is 0. The molecule has 0 unspecified atom stereocenters. The molecule has 0 radical (unpaired) electrons. The van der Waals surface area contributed by atoms with Gasteiger partial charge in [0.05, 0.1) is 5.56 Å². The van der Waals surface area contributed by atoms with Crippen molar-refractivity contribution in [1.82, 2.24) is 0 Å². The maximum Gasteiger partial charge on any atom is 0.273 e. The van der Waals surface area contributed by atoms with E-state index in [1.807, 2.05) is 0 Å². The Morgan fingerprint density at radius 3 is 2.33 bits per heavy atom. The van der Waals surface area contributed by atoms with Crippen LogP contribution >= 0.6 is 11.6 Å². The zero-order chi connectivity index (χ0) is 9.35.